The highest BCUT2D eigenvalue weighted by atomic mass is 16.4. The second kappa shape index (κ2) is 15.1. The van der Waals surface area contributed by atoms with Crippen molar-refractivity contribution in [3.63, 3.8) is 0 Å². The molecule has 0 bridgehead atoms. The van der Waals surface area contributed by atoms with E-state index in [1.165, 1.54) is 0 Å². The highest BCUT2D eigenvalue weighted by molar-refractivity contribution is 5.92. The fourth-order valence-corrected chi connectivity index (χ4v) is 8.35. The summed E-state index contributed by atoms with van der Waals surface area (Å²) in [6, 6.07) is 16.6. The maximum atomic E-state index is 14.3. The Morgan fingerprint density at radius 3 is 2.30 bits per heavy atom. The van der Waals surface area contributed by atoms with E-state index >= 15 is 0 Å². The van der Waals surface area contributed by atoms with E-state index < -0.39 is 11.9 Å². The lowest BCUT2D eigenvalue weighted by Gasteiger charge is -2.43. The molecule has 4 aliphatic rings. The van der Waals surface area contributed by atoms with E-state index in [-0.39, 0.29) is 36.9 Å². The van der Waals surface area contributed by atoms with E-state index in [4.69, 9.17) is 5.11 Å². The molecule has 0 unspecified atom stereocenters. The summed E-state index contributed by atoms with van der Waals surface area (Å²) in [5.41, 5.74) is 2.87. The molecule has 2 aromatic carbocycles. The Morgan fingerprint density at radius 1 is 0.840 bits per heavy atom. The average Bonchev–Trinajstić information content (AvgIpc) is 3.14. The van der Waals surface area contributed by atoms with Gasteiger partial charge in [-0.3, -0.25) is 29.2 Å². The number of amides is 4. The number of carboxylic acids is 1. The molecular formula is C38H47N7O5. The van der Waals surface area contributed by atoms with Crippen molar-refractivity contribution in [1.29, 1.82) is 0 Å². The van der Waals surface area contributed by atoms with Crippen LogP contribution in [-0.2, 0) is 27.3 Å². The second-order valence-corrected chi connectivity index (χ2v) is 14.2. The first-order valence-electron chi connectivity index (χ1n) is 18.0. The van der Waals surface area contributed by atoms with Gasteiger partial charge in [0.1, 0.15) is 0 Å². The van der Waals surface area contributed by atoms with Crippen molar-refractivity contribution in [2.45, 2.75) is 57.2 Å². The monoisotopic (exact) mass is 681 g/mol. The Labute approximate surface area is 293 Å². The van der Waals surface area contributed by atoms with Crippen molar-refractivity contribution in [3.05, 3.63) is 72.1 Å². The van der Waals surface area contributed by atoms with Crippen LogP contribution in [0, 0.1) is 5.92 Å². The van der Waals surface area contributed by atoms with Gasteiger partial charge in [0.25, 0.3) is 0 Å². The highest BCUT2D eigenvalue weighted by Gasteiger charge is 2.36. The zero-order chi connectivity index (χ0) is 34.6. The molecule has 264 valence electrons. The first kappa shape index (κ1) is 33.9. The molecule has 2 N–H and O–H groups in total. The number of nitrogens with zero attached hydrogens (tertiary/aromatic N) is 6. The van der Waals surface area contributed by atoms with Crippen molar-refractivity contribution in [3.8, 4) is 0 Å². The van der Waals surface area contributed by atoms with Crippen LogP contribution in [0.5, 0.6) is 0 Å². The summed E-state index contributed by atoms with van der Waals surface area (Å²) in [6.07, 6.45) is 7.20. The third-order valence-electron chi connectivity index (χ3n) is 11.2. The molecule has 3 fully saturated rings. The first-order chi connectivity index (χ1) is 24.3. The number of piperidine rings is 2. The van der Waals surface area contributed by atoms with Crippen molar-refractivity contribution in [2.24, 2.45) is 5.92 Å². The van der Waals surface area contributed by atoms with Crippen LogP contribution >= 0.6 is 0 Å². The lowest BCUT2D eigenvalue weighted by Crippen LogP contribution is -2.55. The lowest BCUT2D eigenvalue weighted by molar-refractivity contribution is -0.143. The van der Waals surface area contributed by atoms with E-state index in [1.807, 2.05) is 43.9 Å². The van der Waals surface area contributed by atoms with Gasteiger partial charge in [-0.1, -0.05) is 42.5 Å². The molecule has 1 atom stereocenters. The molecule has 1 aromatic heterocycles. The van der Waals surface area contributed by atoms with Crippen molar-refractivity contribution >= 4 is 40.3 Å². The molecule has 12 heteroatoms. The van der Waals surface area contributed by atoms with Gasteiger partial charge in [0.15, 0.2) is 0 Å². The molecule has 12 nitrogen and oxygen atoms in total. The van der Waals surface area contributed by atoms with E-state index in [9.17, 15) is 19.2 Å². The number of hydrogen-bond donors (Lipinski definition) is 2. The molecule has 0 aliphatic carbocycles. The Hall–Kier alpha value is -4.55. The van der Waals surface area contributed by atoms with Crippen molar-refractivity contribution in [1.82, 2.24) is 29.5 Å². The van der Waals surface area contributed by atoms with Gasteiger partial charge in [-0.15, -0.1) is 0 Å². The zero-order valence-corrected chi connectivity index (χ0v) is 28.6. The summed E-state index contributed by atoms with van der Waals surface area (Å²) < 4.78 is 0. The fourth-order valence-electron chi connectivity index (χ4n) is 8.35. The van der Waals surface area contributed by atoms with Gasteiger partial charge in [0, 0.05) is 83.6 Å². The van der Waals surface area contributed by atoms with Gasteiger partial charge >= 0.3 is 12.0 Å². The molecule has 5 heterocycles. The number of carbonyl (C=O) groups excluding carboxylic acids is 3. The minimum atomic E-state index is -0.789. The van der Waals surface area contributed by atoms with Crippen molar-refractivity contribution < 1.29 is 24.3 Å². The lowest BCUT2D eigenvalue weighted by atomic mass is 9.90. The van der Waals surface area contributed by atoms with Crippen LogP contribution < -0.4 is 5.32 Å². The number of carboxylic acid groups (broad SMARTS) is 1. The molecule has 50 heavy (non-hydrogen) atoms. The number of urea groups is 1. The quantitative estimate of drug-likeness (QED) is 0.351. The number of fused-ring (bicyclic) bond motifs is 2. The van der Waals surface area contributed by atoms with Crippen LogP contribution in [-0.4, -0.2) is 129 Å². The standard InChI is InChI=1S/C38H47N7O5/c46-35(43-14-11-32(12-15-43)45-25-29-8-13-39-24-34(29)40-38(45)50)23-30(22-28-6-3-5-27-4-1-2-7-33(27)28)37(49)44-16-9-31(10-17-44)42-20-18-41(19-21-42)26-36(47)48/h1-8,13,24,30-32H,9-12,14-23,25-26H2,(H,40,50)(H,47,48)/t30-/m1/s1. The zero-order valence-electron chi connectivity index (χ0n) is 28.6. The van der Waals surface area contributed by atoms with Gasteiger partial charge in [-0.25, -0.2) is 4.79 Å². The molecule has 4 aliphatic heterocycles. The topological polar surface area (TPSA) is 130 Å². The van der Waals surface area contributed by atoms with E-state index in [1.54, 1.807) is 12.4 Å². The Morgan fingerprint density at radius 2 is 1.54 bits per heavy atom. The molecule has 0 radical (unpaired) electrons. The van der Waals surface area contributed by atoms with Crippen molar-refractivity contribution in [2.75, 3.05) is 64.2 Å². The number of benzene rings is 2. The third kappa shape index (κ3) is 7.61. The maximum absolute atomic E-state index is 14.3. The van der Waals surface area contributed by atoms with Gasteiger partial charge in [-0.2, -0.15) is 0 Å². The molecule has 3 aromatic rings. The predicted octanol–water partition coefficient (Wildman–Crippen LogP) is 3.52. The summed E-state index contributed by atoms with van der Waals surface area (Å²) in [6.45, 7) is 6.20. The number of pyridine rings is 1. The Balaban J connectivity index is 0.989. The summed E-state index contributed by atoms with van der Waals surface area (Å²) in [5.74, 6) is -1.22. The number of carbonyl (C=O) groups is 4. The van der Waals surface area contributed by atoms with Crippen LogP contribution in [0.2, 0.25) is 0 Å². The summed E-state index contributed by atoms with van der Waals surface area (Å²) in [5, 5.41) is 14.3. The van der Waals surface area contributed by atoms with Crippen LogP contribution in [0.3, 0.4) is 0 Å². The van der Waals surface area contributed by atoms with Gasteiger partial charge in [0.05, 0.1) is 24.3 Å². The molecule has 4 amide bonds. The number of anilines is 1. The average molecular weight is 682 g/mol. The Bertz CT molecular complexity index is 1710. The predicted molar refractivity (Wildman–Crippen MR) is 189 cm³/mol. The molecule has 0 saturated carbocycles. The van der Waals surface area contributed by atoms with Crippen LogP contribution in [0.15, 0.2) is 60.9 Å². The molecular weight excluding hydrogens is 634 g/mol. The van der Waals surface area contributed by atoms with Gasteiger partial charge in [-0.05, 0) is 60.1 Å². The fraction of sp³-hybridized carbons (Fsp3) is 0.500. The number of nitrogens with one attached hydrogen (secondary N) is 1. The number of aromatic nitrogens is 1. The van der Waals surface area contributed by atoms with Crippen LogP contribution in [0.4, 0.5) is 10.5 Å². The highest BCUT2D eigenvalue weighted by Crippen LogP contribution is 2.29. The van der Waals surface area contributed by atoms with Crippen LogP contribution in [0.25, 0.3) is 10.8 Å². The second-order valence-electron chi connectivity index (χ2n) is 14.2. The first-order valence-corrected chi connectivity index (χ1v) is 18.0. The summed E-state index contributed by atoms with van der Waals surface area (Å²) in [4.78, 5) is 66.5. The smallest absolute Gasteiger partial charge is 0.322 e. The SMILES string of the molecule is O=C(O)CN1CCN(C2CCN(C(=O)[C@@H](CC(=O)N3CCC(N4Cc5ccncc5NC4=O)CC3)Cc3cccc4ccccc34)CC2)CC1. The molecule has 0 spiro atoms. The normalized spacial score (nSPS) is 20.4. The molecule has 7 rings (SSSR count). The van der Waals surface area contributed by atoms with E-state index in [0.29, 0.717) is 58.0 Å². The minimum Gasteiger partial charge on any atom is -0.480 e. The number of rotatable bonds is 9. The third-order valence-corrected chi connectivity index (χ3v) is 11.2. The Kier molecular flexibility index (Phi) is 10.3. The number of hydrogen-bond acceptors (Lipinski definition) is 7. The van der Waals surface area contributed by atoms with Gasteiger partial charge < -0.3 is 25.1 Å². The van der Waals surface area contributed by atoms with Gasteiger partial charge in [0.2, 0.25) is 11.8 Å². The van der Waals surface area contributed by atoms with Crippen LogP contribution in [0.1, 0.15) is 43.2 Å². The van der Waals surface area contributed by atoms with E-state index in [0.717, 1.165) is 66.6 Å². The number of piperazine rings is 1. The summed E-state index contributed by atoms with van der Waals surface area (Å²) >= 11 is 0. The summed E-state index contributed by atoms with van der Waals surface area (Å²) in [7, 11) is 0. The number of aliphatic carboxylic acids is 1. The molecule has 3 saturated heterocycles. The maximum Gasteiger partial charge on any atom is 0.322 e. The van der Waals surface area contributed by atoms with E-state index in [2.05, 4.69) is 39.5 Å². The largest absolute Gasteiger partial charge is 0.480 e. The number of likely N-dealkylation sites (tertiary alicyclic amines) is 2. The minimum absolute atomic E-state index is 0.00401.